The van der Waals surface area contributed by atoms with Gasteiger partial charge in [0.1, 0.15) is 11.5 Å². The van der Waals surface area contributed by atoms with E-state index in [1.807, 2.05) is 0 Å². The number of aryl methyl sites for hydroxylation is 1. The minimum atomic E-state index is -0.692. The second kappa shape index (κ2) is 7.04. The quantitative estimate of drug-likeness (QED) is 0.646. The van der Waals surface area contributed by atoms with Crippen molar-refractivity contribution in [3.05, 3.63) is 23.3 Å². The number of rotatable bonds is 8. The van der Waals surface area contributed by atoms with Crippen LogP contribution in [-0.2, 0) is 17.6 Å². The van der Waals surface area contributed by atoms with Gasteiger partial charge < -0.3 is 15.3 Å². The maximum Gasteiger partial charge on any atom is 0.309 e. The highest BCUT2D eigenvalue weighted by Gasteiger charge is 2.49. The third-order valence-corrected chi connectivity index (χ3v) is 5.07. The number of phenols is 2. The third-order valence-electron chi connectivity index (χ3n) is 5.07. The Balaban J connectivity index is 2.00. The van der Waals surface area contributed by atoms with Gasteiger partial charge in [-0.1, -0.05) is 20.8 Å². The van der Waals surface area contributed by atoms with E-state index in [0.717, 1.165) is 49.7 Å². The summed E-state index contributed by atoms with van der Waals surface area (Å²) in [4.78, 5) is 11.3. The molecule has 1 fully saturated rings. The molecule has 1 aromatic rings. The van der Waals surface area contributed by atoms with Gasteiger partial charge in [0.25, 0.3) is 0 Å². The first kappa shape index (κ1) is 18.6. The summed E-state index contributed by atoms with van der Waals surface area (Å²) in [5.74, 6) is -0.477. The maximum absolute atomic E-state index is 11.3. The number of carboxylic acid groups (broad SMARTS) is 1. The van der Waals surface area contributed by atoms with Gasteiger partial charge in [-0.2, -0.15) is 0 Å². The SMILES string of the molecule is CC(C)(C)CCCc1cc(O)cc(O)c1CCCC1(C(=O)O)CC1. The summed E-state index contributed by atoms with van der Waals surface area (Å²) in [6.07, 6.45) is 6.49. The minimum Gasteiger partial charge on any atom is -0.508 e. The highest BCUT2D eigenvalue weighted by Crippen LogP contribution is 2.50. The first-order valence-electron chi connectivity index (χ1n) is 8.90. The maximum atomic E-state index is 11.3. The number of benzene rings is 1. The number of aliphatic carboxylic acids is 1. The Morgan fingerprint density at radius 2 is 1.79 bits per heavy atom. The topological polar surface area (TPSA) is 77.8 Å². The molecule has 0 bridgehead atoms. The van der Waals surface area contributed by atoms with Crippen LogP contribution in [0.2, 0.25) is 0 Å². The lowest BCUT2D eigenvalue weighted by molar-refractivity contribution is -0.143. The van der Waals surface area contributed by atoms with Gasteiger partial charge in [0.2, 0.25) is 0 Å². The molecule has 134 valence electrons. The zero-order valence-corrected chi connectivity index (χ0v) is 15.1. The van der Waals surface area contributed by atoms with Gasteiger partial charge in [-0.3, -0.25) is 4.79 Å². The number of hydrogen-bond donors (Lipinski definition) is 3. The Morgan fingerprint density at radius 1 is 1.12 bits per heavy atom. The Hall–Kier alpha value is -1.71. The van der Waals surface area contributed by atoms with Gasteiger partial charge in [-0.15, -0.1) is 0 Å². The predicted molar refractivity (Wildman–Crippen MR) is 94.4 cm³/mol. The molecule has 0 aromatic heterocycles. The zero-order chi connectivity index (χ0) is 18.0. The van der Waals surface area contributed by atoms with Crippen molar-refractivity contribution in [1.82, 2.24) is 0 Å². The van der Waals surface area contributed by atoms with Crippen LogP contribution in [0.1, 0.15) is 70.4 Å². The number of hydrogen-bond acceptors (Lipinski definition) is 3. The van der Waals surface area contributed by atoms with Gasteiger partial charge in [0, 0.05) is 6.07 Å². The van der Waals surface area contributed by atoms with E-state index in [1.165, 1.54) is 6.07 Å². The molecule has 0 heterocycles. The molecule has 0 saturated heterocycles. The summed E-state index contributed by atoms with van der Waals surface area (Å²) in [5, 5.41) is 29.2. The molecule has 1 aliphatic rings. The fourth-order valence-corrected chi connectivity index (χ4v) is 3.35. The summed E-state index contributed by atoms with van der Waals surface area (Å²) >= 11 is 0. The molecule has 4 heteroatoms. The van der Waals surface area contributed by atoms with Gasteiger partial charge >= 0.3 is 5.97 Å². The normalized spacial score (nSPS) is 16.1. The molecule has 24 heavy (non-hydrogen) atoms. The number of aromatic hydroxyl groups is 2. The summed E-state index contributed by atoms with van der Waals surface area (Å²) in [7, 11) is 0. The van der Waals surface area contributed by atoms with Gasteiger partial charge in [0.15, 0.2) is 0 Å². The van der Waals surface area contributed by atoms with Crippen molar-refractivity contribution in [2.24, 2.45) is 10.8 Å². The van der Waals surface area contributed by atoms with Gasteiger partial charge in [-0.05, 0) is 74.0 Å². The summed E-state index contributed by atoms with van der Waals surface area (Å²) in [6, 6.07) is 3.12. The van der Waals surface area contributed by atoms with Crippen LogP contribution in [-0.4, -0.2) is 21.3 Å². The van der Waals surface area contributed by atoms with Crippen LogP contribution in [0.25, 0.3) is 0 Å². The average molecular weight is 334 g/mol. The number of carboxylic acids is 1. The smallest absolute Gasteiger partial charge is 0.309 e. The van der Waals surface area contributed by atoms with Crippen molar-refractivity contribution >= 4 is 5.97 Å². The lowest BCUT2D eigenvalue weighted by Crippen LogP contribution is -2.14. The van der Waals surface area contributed by atoms with E-state index >= 15 is 0 Å². The Labute approximate surface area is 144 Å². The molecular formula is C20H30O4. The first-order chi connectivity index (χ1) is 11.1. The van der Waals surface area contributed by atoms with Crippen LogP contribution >= 0.6 is 0 Å². The lowest BCUT2D eigenvalue weighted by atomic mass is 9.87. The summed E-state index contributed by atoms with van der Waals surface area (Å²) in [5.41, 5.74) is 1.59. The molecule has 1 aromatic carbocycles. The molecule has 2 rings (SSSR count). The molecule has 4 nitrogen and oxygen atoms in total. The molecule has 3 N–H and O–H groups in total. The second-order valence-electron chi connectivity index (χ2n) is 8.46. The summed E-state index contributed by atoms with van der Waals surface area (Å²) in [6.45, 7) is 6.61. The molecule has 0 aliphatic heterocycles. The van der Waals surface area contributed by atoms with Gasteiger partial charge in [0.05, 0.1) is 5.41 Å². The standard InChI is InChI=1S/C20H30O4/c1-19(2,3)8-4-6-14-12-15(21)13-17(22)16(14)7-5-9-20(10-11-20)18(23)24/h12-13,21-22H,4-11H2,1-3H3,(H,23,24). The monoisotopic (exact) mass is 334 g/mol. The van der Waals surface area contributed by atoms with Crippen molar-refractivity contribution in [2.75, 3.05) is 0 Å². The van der Waals surface area contributed by atoms with Crippen LogP contribution in [0.4, 0.5) is 0 Å². The molecule has 0 atom stereocenters. The van der Waals surface area contributed by atoms with E-state index in [4.69, 9.17) is 0 Å². The fraction of sp³-hybridized carbons (Fsp3) is 0.650. The van der Waals surface area contributed by atoms with Crippen LogP contribution in [0.3, 0.4) is 0 Å². The predicted octanol–water partition coefficient (Wildman–Crippen LogP) is 4.65. The van der Waals surface area contributed by atoms with Crippen LogP contribution < -0.4 is 0 Å². The van der Waals surface area contributed by atoms with Gasteiger partial charge in [-0.25, -0.2) is 0 Å². The van der Waals surface area contributed by atoms with Crippen LogP contribution in [0, 0.1) is 10.8 Å². The van der Waals surface area contributed by atoms with E-state index in [0.29, 0.717) is 12.8 Å². The Bertz CT molecular complexity index is 594. The molecular weight excluding hydrogens is 304 g/mol. The molecule has 1 aliphatic carbocycles. The van der Waals surface area contributed by atoms with Crippen molar-refractivity contribution < 1.29 is 20.1 Å². The second-order valence-corrected chi connectivity index (χ2v) is 8.46. The third kappa shape index (κ3) is 4.89. The van der Waals surface area contributed by atoms with E-state index < -0.39 is 11.4 Å². The van der Waals surface area contributed by atoms with Crippen molar-refractivity contribution in [3.63, 3.8) is 0 Å². The number of carbonyl (C=O) groups is 1. The first-order valence-corrected chi connectivity index (χ1v) is 8.90. The zero-order valence-electron chi connectivity index (χ0n) is 15.1. The molecule has 0 unspecified atom stereocenters. The molecule has 0 amide bonds. The van der Waals surface area contributed by atoms with Crippen LogP contribution in [0.15, 0.2) is 12.1 Å². The number of phenolic OH excluding ortho intramolecular Hbond substituents is 2. The van der Waals surface area contributed by atoms with Crippen LogP contribution in [0.5, 0.6) is 11.5 Å². The fourth-order valence-electron chi connectivity index (χ4n) is 3.35. The Morgan fingerprint density at radius 3 is 2.33 bits per heavy atom. The van der Waals surface area contributed by atoms with Crippen molar-refractivity contribution in [3.8, 4) is 11.5 Å². The largest absolute Gasteiger partial charge is 0.508 e. The highest BCUT2D eigenvalue weighted by atomic mass is 16.4. The van der Waals surface area contributed by atoms with E-state index in [9.17, 15) is 20.1 Å². The lowest BCUT2D eigenvalue weighted by Gasteiger charge is -2.19. The summed E-state index contributed by atoms with van der Waals surface area (Å²) < 4.78 is 0. The van der Waals surface area contributed by atoms with E-state index in [-0.39, 0.29) is 16.9 Å². The van der Waals surface area contributed by atoms with E-state index in [1.54, 1.807) is 6.07 Å². The minimum absolute atomic E-state index is 0.0891. The molecule has 0 radical (unpaired) electrons. The van der Waals surface area contributed by atoms with E-state index in [2.05, 4.69) is 20.8 Å². The van der Waals surface area contributed by atoms with Crippen molar-refractivity contribution in [1.29, 1.82) is 0 Å². The Kier molecular flexibility index (Phi) is 5.46. The molecule has 1 saturated carbocycles. The highest BCUT2D eigenvalue weighted by molar-refractivity contribution is 5.77. The van der Waals surface area contributed by atoms with Crippen molar-refractivity contribution in [2.45, 2.75) is 72.1 Å². The molecule has 0 spiro atoms. The average Bonchev–Trinajstić information content (AvgIpc) is 3.21.